The normalized spacial score (nSPS) is 10.5. The summed E-state index contributed by atoms with van der Waals surface area (Å²) in [7, 11) is 1.57. The molecule has 100 valence electrons. The Balaban J connectivity index is 2.35. The average Bonchev–Trinajstić information content (AvgIpc) is 2.87. The lowest BCUT2D eigenvalue weighted by Gasteiger charge is -2.04. The molecule has 0 aromatic carbocycles. The summed E-state index contributed by atoms with van der Waals surface area (Å²) < 4.78 is 2.27. The van der Waals surface area contributed by atoms with E-state index in [0.717, 1.165) is 18.7 Å². The summed E-state index contributed by atoms with van der Waals surface area (Å²) in [5.41, 5.74) is 0.356. The average molecular weight is 324 g/mol. The van der Waals surface area contributed by atoms with Gasteiger partial charge in [0.05, 0.1) is 0 Å². The Morgan fingerprint density at radius 2 is 2.26 bits per heavy atom. The van der Waals surface area contributed by atoms with Crippen molar-refractivity contribution in [3.63, 3.8) is 0 Å². The van der Waals surface area contributed by atoms with Gasteiger partial charge in [-0.05, 0) is 28.4 Å². The van der Waals surface area contributed by atoms with Gasteiger partial charge >= 0.3 is 0 Å². The molecule has 0 spiro atoms. The van der Waals surface area contributed by atoms with Crippen LogP contribution in [0.4, 0.5) is 0 Å². The van der Waals surface area contributed by atoms with Crippen molar-refractivity contribution in [2.45, 2.75) is 19.8 Å². The molecule has 19 heavy (non-hydrogen) atoms. The topological polar surface area (TPSA) is 72.7 Å². The summed E-state index contributed by atoms with van der Waals surface area (Å²) in [6, 6.07) is 3.41. The molecule has 0 aliphatic rings. The van der Waals surface area contributed by atoms with Crippen LogP contribution in [0.25, 0.3) is 5.82 Å². The van der Waals surface area contributed by atoms with Crippen molar-refractivity contribution in [1.82, 2.24) is 25.1 Å². The van der Waals surface area contributed by atoms with Crippen molar-refractivity contribution in [1.29, 1.82) is 0 Å². The van der Waals surface area contributed by atoms with Gasteiger partial charge in [-0.2, -0.15) is 5.10 Å². The van der Waals surface area contributed by atoms with E-state index in [0.29, 0.717) is 16.1 Å². The monoisotopic (exact) mass is 323 g/mol. The second kappa shape index (κ2) is 5.92. The van der Waals surface area contributed by atoms with Crippen LogP contribution in [0, 0.1) is 0 Å². The van der Waals surface area contributed by atoms with Gasteiger partial charge < -0.3 is 5.32 Å². The molecule has 1 N–H and O–H groups in total. The zero-order chi connectivity index (χ0) is 13.8. The maximum absolute atomic E-state index is 11.5. The summed E-state index contributed by atoms with van der Waals surface area (Å²) in [6.45, 7) is 2.07. The molecule has 0 saturated carbocycles. The van der Waals surface area contributed by atoms with E-state index >= 15 is 0 Å². The number of aryl methyl sites for hydroxylation is 1. The summed E-state index contributed by atoms with van der Waals surface area (Å²) in [4.78, 5) is 20.2. The Morgan fingerprint density at radius 1 is 1.47 bits per heavy atom. The summed E-state index contributed by atoms with van der Waals surface area (Å²) in [5, 5.41) is 6.72. The lowest BCUT2D eigenvalue weighted by Crippen LogP contribution is -2.18. The van der Waals surface area contributed by atoms with Crippen molar-refractivity contribution in [3.8, 4) is 5.82 Å². The summed E-state index contributed by atoms with van der Waals surface area (Å²) in [6.07, 6.45) is 3.48. The van der Waals surface area contributed by atoms with Crippen LogP contribution in [-0.2, 0) is 6.42 Å². The molecule has 0 aliphatic carbocycles. The highest BCUT2D eigenvalue weighted by Gasteiger charge is 2.10. The second-order valence-electron chi connectivity index (χ2n) is 3.94. The molecular formula is C12H14BrN5O. The van der Waals surface area contributed by atoms with Gasteiger partial charge in [-0.25, -0.2) is 14.6 Å². The second-order valence-corrected chi connectivity index (χ2v) is 4.75. The number of amides is 1. The minimum atomic E-state index is -0.222. The number of hydrogen-bond donors (Lipinski definition) is 1. The maximum atomic E-state index is 11.5. The molecule has 0 unspecified atom stereocenters. The van der Waals surface area contributed by atoms with E-state index < -0.39 is 0 Å². The number of carbonyl (C=O) groups excluding carboxylic acids is 1. The zero-order valence-corrected chi connectivity index (χ0v) is 12.3. The Bertz CT molecular complexity index is 596. The fourth-order valence-corrected chi connectivity index (χ4v) is 2.01. The molecule has 0 bridgehead atoms. The van der Waals surface area contributed by atoms with Crippen LogP contribution in [0.3, 0.4) is 0 Å². The van der Waals surface area contributed by atoms with Gasteiger partial charge in [0.25, 0.3) is 5.91 Å². The fourth-order valence-electron chi connectivity index (χ4n) is 1.61. The molecule has 2 heterocycles. The third kappa shape index (κ3) is 3.17. The van der Waals surface area contributed by atoms with Gasteiger partial charge in [-0.3, -0.25) is 4.79 Å². The Hall–Kier alpha value is -1.76. The van der Waals surface area contributed by atoms with Crippen molar-refractivity contribution in [2.75, 3.05) is 7.05 Å². The zero-order valence-electron chi connectivity index (χ0n) is 10.7. The van der Waals surface area contributed by atoms with Crippen molar-refractivity contribution < 1.29 is 4.79 Å². The predicted molar refractivity (Wildman–Crippen MR) is 74.2 cm³/mol. The van der Waals surface area contributed by atoms with E-state index in [9.17, 15) is 4.79 Å². The van der Waals surface area contributed by atoms with E-state index in [-0.39, 0.29) is 5.91 Å². The Kier molecular flexibility index (Phi) is 4.26. The fraction of sp³-hybridized carbons (Fsp3) is 0.333. The minimum Gasteiger partial charge on any atom is -0.354 e. The van der Waals surface area contributed by atoms with Crippen LogP contribution in [0.1, 0.15) is 29.7 Å². The largest absolute Gasteiger partial charge is 0.354 e. The quantitative estimate of drug-likeness (QED) is 0.870. The lowest BCUT2D eigenvalue weighted by molar-refractivity contribution is 0.0957. The standard InChI is InChI=1S/C12H14BrN5O/c1-3-4-10-15-9(13)7-11(16-10)18-6-5-8(17-18)12(19)14-2/h5-7H,3-4H2,1-2H3,(H,14,19). The molecule has 2 rings (SSSR count). The van der Waals surface area contributed by atoms with Crippen LogP contribution in [0.2, 0.25) is 0 Å². The van der Waals surface area contributed by atoms with E-state index in [1.165, 1.54) is 0 Å². The molecule has 6 nitrogen and oxygen atoms in total. The number of nitrogens with one attached hydrogen (secondary N) is 1. The molecule has 0 fully saturated rings. The van der Waals surface area contributed by atoms with Crippen LogP contribution in [0.15, 0.2) is 22.9 Å². The molecule has 2 aromatic heterocycles. The van der Waals surface area contributed by atoms with Gasteiger partial charge in [0, 0.05) is 25.7 Å². The molecule has 1 amide bonds. The van der Waals surface area contributed by atoms with E-state index in [4.69, 9.17) is 0 Å². The summed E-state index contributed by atoms with van der Waals surface area (Å²) in [5.74, 6) is 1.17. The molecule has 0 saturated heterocycles. The van der Waals surface area contributed by atoms with Crippen LogP contribution < -0.4 is 5.32 Å². The smallest absolute Gasteiger partial charge is 0.271 e. The Morgan fingerprint density at radius 3 is 2.95 bits per heavy atom. The minimum absolute atomic E-state index is 0.222. The van der Waals surface area contributed by atoms with Crippen molar-refractivity contribution >= 4 is 21.8 Å². The van der Waals surface area contributed by atoms with E-state index in [1.807, 2.05) is 0 Å². The lowest BCUT2D eigenvalue weighted by atomic mass is 10.3. The van der Waals surface area contributed by atoms with Gasteiger partial charge in [0.2, 0.25) is 0 Å². The maximum Gasteiger partial charge on any atom is 0.271 e. The van der Waals surface area contributed by atoms with Gasteiger partial charge in [-0.1, -0.05) is 6.92 Å². The molecule has 7 heteroatoms. The van der Waals surface area contributed by atoms with Crippen LogP contribution in [-0.4, -0.2) is 32.7 Å². The van der Waals surface area contributed by atoms with Crippen LogP contribution in [0.5, 0.6) is 0 Å². The first-order valence-corrected chi connectivity index (χ1v) is 6.75. The number of halogens is 1. The third-order valence-electron chi connectivity index (χ3n) is 2.48. The van der Waals surface area contributed by atoms with Crippen LogP contribution >= 0.6 is 15.9 Å². The highest BCUT2D eigenvalue weighted by Crippen LogP contribution is 2.13. The van der Waals surface area contributed by atoms with Crippen molar-refractivity contribution in [3.05, 3.63) is 34.5 Å². The third-order valence-corrected chi connectivity index (χ3v) is 2.89. The van der Waals surface area contributed by atoms with Gasteiger partial charge in [0.1, 0.15) is 10.4 Å². The first-order valence-electron chi connectivity index (χ1n) is 5.95. The highest BCUT2D eigenvalue weighted by atomic mass is 79.9. The SMILES string of the molecule is CCCc1nc(Br)cc(-n2ccc(C(=O)NC)n2)n1. The number of rotatable bonds is 4. The molecule has 2 aromatic rings. The molecule has 0 aliphatic heterocycles. The number of nitrogens with zero attached hydrogens (tertiary/aromatic N) is 4. The molecular weight excluding hydrogens is 310 g/mol. The van der Waals surface area contributed by atoms with E-state index in [2.05, 4.69) is 43.2 Å². The molecule has 0 atom stereocenters. The first-order chi connectivity index (χ1) is 9.13. The van der Waals surface area contributed by atoms with Gasteiger partial charge in [0.15, 0.2) is 11.5 Å². The highest BCUT2D eigenvalue weighted by molar-refractivity contribution is 9.10. The number of hydrogen-bond acceptors (Lipinski definition) is 4. The first kappa shape index (κ1) is 13.7. The summed E-state index contributed by atoms with van der Waals surface area (Å²) >= 11 is 3.36. The predicted octanol–water partition coefficient (Wildman–Crippen LogP) is 1.74. The van der Waals surface area contributed by atoms with Crippen molar-refractivity contribution in [2.24, 2.45) is 0 Å². The van der Waals surface area contributed by atoms with Gasteiger partial charge in [-0.15, -0.1) is 0 Å². The molecule has 0 radical (unpaired) electrons. The van der Waals surface area contributed by atoms with E-state index in [1.54, 1.807) is 30.1 Å². The Labute approximate surface area is 119 Å². The number of carbonyl (C=O) groups is 1. The number of aromatic nitrogens is 4.